The van der Waals surface area contributed by atoms with Crippen molar-refractivity contribution in [2.45, 2.75) is 13.0 Å². The number of imidazole rings is 1. The largest absolute Gasteiger partial charge is 0.448 e. The molecule has 0 fully saturated rings. The van der Waals surface area contributed by atoms with E-state index in [0.717, 1.165) is 4.47 Å². The second-order valence-electron chi connectivity index (χ2n) is 5.14. The third-order valence-corrected chi connectivity index (χ3v) is 3.87. The van der Waals surface area contributed by atoms with Crippen molar-refractivity contribution >= 4 is 39.1 Å². The Balaban J connectivity index is 1.64. The summed E-state index contributed by atoms with van der Waals surface area (Å²) in [4.78, 5) is 28.4. The van der Waals surface area contributed by atoms with Crippen LogP contribution in [-0.2, 0) is 9.53 Å². The molecule has 1 atom stereocenters. The van der Waals surface area contributed by atoms with Gasteiger partial charge in [-0.1, -0.05) is 22.0 Å². The van der Waals surface area contributed by atoms with E-state index in [9.17, 15) is 9.59 Å². The molecule has 0 saturated carbocycles. The SMILES string of the molecule is CC(OC(=O)c1cn2ccccc2n1)C(=O)Nc1ccc(Br)cc1. The Morgan fingerprint density at radius 3 is 2.67 bits per heavy atom. The molecule has 0 bridgehead atoms. The van der Waals surface area contributed by atoms with Gasteiger partial charge in [-0.25, -0.2) is 9.78 Å². The fourth-order valence-corrected chi connectivity index (χ4v) is 2.35. The van der Waals surface area contributed by atoms with E-state index < -0.39 is 18.0 Å². The number of rotatable bonds is 4. The highest BCUT2D eigenvalue weighted by Gasteiger charge is 2.21. The molecule has 2 aromatic heterocycles. The highest BCUT2D eigenvalue weighted by Crippen LogP contribution is 2.15. The Hall–Kier alpha value is -2.67. The van der Waals surface area contributed by atoms with Gasteiger partial charge in [0.2, 0.25) is 0 Å². The highest BCUT2D eigenvalue weighted by atomic mass is 79.9. The quantitative estimate of drug-likeness (QED) is 0.697. The van der Waals surface area contributed by atoms with E-state index in [1.54, 1.807) is 35.0 Å². The van der Waals surface area contributed by atoms with Gasteiger partial charge in [-0.05, 0) is 43.3 Å². The predicted molar refractivity (Wildman–Crippen MR) is 92.8 cm³/mol. The third-order valence-electron chi connectivity index (χ3n) is 3.34. The van der Waals surface area contributed by atoms with Crippen LogP contribution in [0.5, 0.6) is 0 Å². The maximum absolute atomic E-state index is 12.1. The van der Waals surface area contributed by atoms with Crippen LogP contribution in [0.1, 0.15) is 17.4 Å². The zero-order valence-corrected chi connectivity index (χ0v) is 14.4. The zero-order valence-electron chi connectivity index (χ0n) is 12.8. The number of hydrogen-bond acceptors (Lipinski definition) is 4. The first-order valence-electron chi connectivity index (χ1n) is 7.24. The van der Waals surface area contributed by atoms with Gasteiger partial charge < -0.3 is 14.5 Å². The zero-order chi connectivity index (χ0) is 17.1. The molecule has 0 aliphatic rings. The number of pyridine rings is 1. The molecule has 0 aliphatic carbocycles. The van der Waals surface area contributed by atoms with Crippen LogP contribution >= 0.6 is 15.9 Å². The smallest absolute Gasteiger partial charge is 0.359 e. The number of anilines is 1. The summed E-state index contributed by atoms with van der Waals surface area (Å²) >= 11 is 3.32. The van der Waals surface area contributed by atoms with Crippen LogP contribution in [-0.4, -0.2) is 27.4 Å². The molecule has 122 valence electrons. The number of carbonyl (C=O) groups excluding carboxylic acids is 2. The van der Waals surface area contributed by atoms with E-state index in [4.69, 9.17) is 4.74 Å². The van der Waals surface area contributed by atoms with Crippen molar-refractivity contribution in [3.8, 4) is 0 Å². The second-order valence-corrected chi connectivity index (χ2v) is 6.05. The van der Waals surface area contributed by atoms with Gasteiger partial charge >= 0.3 is 5.97 Å². The summed E-state index contributed by atoms with van der Waals surface area (Å²) in [7, 11) is 0. The summed E-state index contributed by atoms with van der Waals surface area (Å²) in [5, 5.41) is 2.69. The van der Waals surface area contributed by atoms with Gasteiger partial charge in [0.1, 0.15) is 5.65 Å². The van der Waals surface area contributed by atoms with Crippen molar-refractivity contribution in [2.24, 2.45) is 0 Å². The summed E-state index contributed by atoms with van der Waals surface area (Å²) < 4.78 is 7.81. The molecular weight excluding hydrogens is 374 g/mol. The summed E-state index contributed by atoms with van der Waals surface area (Å²) in [5.74, 6) is -1.05. The minimum atomic E-state index is -0.939. The van der Waals surface area contributed by atoms with E-state index in [1.807, 2.05) is 24.3 Å². The molecule has 1 N–H and O–H groups in total. The first-order valence-corrected chi connectivity index (χ1v) is 8.03. The van der Waals surface area contributed by atoms with Gasteiger partial charge in [0.05, 0.1) is 0 Å². The fraction of sp³-hybridized carbons (Fsp3) is 0.118. The number of fused-ring (bicyclic) bond motifs is 1. The van der Waals surface area contributed by atoms with Gasteiger partial charge in [0, 0.05) is 22.6 Å². The molecule has 2 heterocycles. The van der Waals surface area contributed by atoms with Gasteiger partial charge in [0.25, 0.3) is 5.91 Å². The monoisotopic (exact) mass is 387 g/mol. The fourth-order valence-electron chi connectivity index (χ4n) is 2.08. The second kappa shape index (κ2) is 6.84. The lowest BCUT2D eigenvalue weighted by atomic mass is 10.3. The van der Waals surface area contributed by atoms with E-state index in [1.165, 1.54) is 6.92 Å². The average molecular weight is 388 g/mol. The molecule has 6 nitrogen and oxygen atoms in total. The summed E-state index contributed by atoms with van der Waals surface area (Å²) in [6.45, 7) is 1.52. The Morgan fingerprint density at radius 2 is 1.96 bits per heavy atom. The number of halogens is 1. The number of ether oxygens (including phenoxy) is 1. The third kappa shape index (κ3) is 3.62. The van der Waals surface area contributed by atoms with Crippen molar-refractivity contribution in [2.75, 3.05) is 5.32 Å². The molecule has 24 heavy (non-hydrogen) atoms. The summed E-state index contributed by atoms with van der Waals surface area (Å²) in [6, 6.07) is 12.5. The molecule has 0 spiro atoms. The number of nitrogens with zero attached hydrogens (tertiary/aromatic N) is 2. The number of esters is 1. The summed E-state index contributed by atoms with van der Waals surface area (Å²) in [5.41, 5.74) is 1.42. The van der Waals surface area contributed by atoms with Crippen LogP contribution in [0, 0.1) is 0 Å². The molecule has 0 saturated heterocycles. The Bertz CT molecular complexity index is 856. The summed E-state index contributed by atoms with van der Waals surface area (Å²) in [6.07, 6.45) is 2.41. The van der Waals surface area contributed by atoms with Crippen LogP contribution in [0.2, 0.25) is 0 Å². The molecule has 0 radical (unpaired) electrons. The number of nitrogens with one attached hydrogen (secondary N) is 1. The van der Waals surface area contributed by atoms with Gasteiger partial charge in [-0.15, -0.1) is 0 Å². The number of carbonyl (C=O) groups is 2. The number of amides is 1. The topological polar surface area (TPSA) is 72.7 Å². The van der Waals surface area contributed by atoms with E-state index in [-0.39, 0.29) is 5.69 Å². The Labute approximate surface area is 146 Å². The van der Waals surface area contributed by atoms with Crippen LogP contribution in [0.25, 0.3) is 5.65 Å². The first-order chi connectivity index (χ1) is 11.5. The van der Waals surface area contributed by atoms with Gasteiger partial charge in [-0.2, -0.15) is 0 Å². The molecule has 7 heteroatoms. The van der Waals surface area contributed by atoms with Crippen LogP contribution in [0.3, 0.4) is 0 Å². The highest BCUT2D eigenvalue weighted by molar-refractivity contribution is 9.10. The van der Waals surface area contributed by atoms with Crippen LogP contribution in [0.15, 0.2) is 59.3 Å². The molecular formula is C17H14BrN3O3. The minimum Gasteiger partial charge on any atom is -0.448 e. The molecule has 1 amide bonds. The average Bonchev–Trinajstić information content (AvgIpc) is 3.01. The molecule has 1 aromatic carbocycles. The van der Waals surface area contributed by atoms with Gasteiger partial charge in [0.15, 0.2) is 11.8 Å². The maximum Gasteiger partial charge on any atom is 0.359 e. The van der Waals surface area contributed by atoms with Crippen molar-refractivity contribution in [1.29, 1.82) is 0 Å². The van der Waals surface area contributed by atoms with E-state index >= 15 is 0 Å². The Morgan fingerprint density at radius 1 is 1.21 bits per heavy atom. The molecule has 3 aromatic rings. The lowest BCUT2D eigenvalue weighted by molar-refractivity contribution is -0.123. The minimum absolute atomic E-state index is 0.157. The maximum atomic E-state index is 12.1. The Kier molecular flexibility index (Phi) is 4.61. The molecule has 1 unspecified atom stereocenters. The van der Waals surface area contributed by atoms with Crippen LogP contribution < -0.4 is 5.32 Å². The lowest BCUT2D eigenvalue weighted by Gasteiger charge is -2.12. The number of hydrogen-bond donors (Lipinski definition) is 1. The normalized spacial score (nSPS) is 11.9. The number of aromatic nitrogens is 2. The predicted octanol–water partition coefficient (Wildman–Crippen LogP) is 3.28. The van der Waals surface area contributed by atoms with Crippen molar-refractivity contribution in [3.63, 3.8) is 0 Å². The van der Waals surface area contributed by atoms with Gasteiger partial charge in [-0.3, -0.25) is 4.79 Å². The first kappa shape index (κ1) is 16.2. The van der Waals surface area contributed by atoms with Crippen molar-refractivity contribution in [3.05, 3.63) is 65.0 Å². The molecule has 3 rings (SSSR count). The molecule has 0 aliphatic heterocycles. The van der Waals surface area contributed by atoms with E-state index in [0.29, 0.717) is 11.3 Å². The standard InChI is InChI=1S/C17H14BrN3O3/c1-11(16(22)19-13-7-5-12(18)6-8-13)24-17(23)14-10-21-9-3-2-4-15(21)20-14/h2-11H,1H3,(H,19,22). The van der Waals surface area contributed by atoms with Crippen LogP contribution in [0.4, 0.5) is 5.69 Å². The lowest BCUT2D eigenvalue weighted by Crippen LogP contribution is -2.30. The van der Waals surface area contributed by atoms with Crippen molar-refractivity contribution < 1.29 is 14.3 Å². The van der Waals surface area contributed by atoms with E-state index in [2.05, 4.69) is 26.2 Å². The number of benzene rings is 1. The van der Waals surface area contributed by atoms with Crippen molar-refractivity contribution in [1.82, 2.24) is 9.38 Å².